The molecule has 5 heteroatoms. The van der Waals surface area contributed by atoms with E-state index >= 15 is 0 Å². The zero-order chi connectivity index (χ0) is 6.85. The van der Waals surface area contributed by atoms with E-state index in [4.69, 9.17) is 11.6 Å². The van der Waals surface area contributed by atoms with Crippen molar-refractivity contribution >= 4 is 24.0 Å². The Bertz CT molecular complexity index is 209. The van der Waals surface area contributed by atoms with E-state index in [1.165, 1.54) is 0 Å². The Morgan fingerprint density at radius 2 is 2.10 bits per heavy atom. The molecule has 0 amide bonds. The molecule has 1 aromatic rings. The summed E-state index contributed by atoms with van der Waals surface area (Å²) in [4.78, 5) is 0. The first-order valence-electron chi connectivity index (χ1n) is 2.66. The number of alkyl halides is 1. The van der Waals surface area contributed by atoms with Gasteiger partial charge < -0.3 is 4.57 Å². The number of aromatic nitrogens is 3. The number of halogens is 2. The summed E-state index contributed by atoms with van der Waals surface area (Å²) in [6.07, 6.45) is 0. The minimum absolute atomic E-state index is 0. The van der Waals surface area contributed by atoms with Gasteiger partial charge in [-0.1, -0.05) is 0 Å². The zero-order valence-electron chi connectivity index (χ0n) is 5.83. The summed E-state index contributed by atoms with van der Waals surface area (Å²) >= 11 is 5.52. The van der Waals surface area contributed by atoms with E-state index in [0.717, 1.165) is 11.6 Å². The Morgan fingerprint density at radius 1 is 1.50 bits per heavy atom. The van der Waals surface area contributed by atoms with Crippen molar-refractivity contribution in [2.24, 2.45) is 7.05 Å². The molecule has 0 unspecified atom stereocenters. The van der Waals surface area contributed by atoms with E-state index in [0.29, 0.717) is 5.88 Å². The maximum absolute atomic E-state index is 5.52. The fourth-order valence-electron chi connectivity index (χ4n) is 0.567. The van der Waals surface area contributed by atoms with Crippen LogP contribution in [-0.2, 0) is 12.9 Å². The van der Waals surface area contributed by atoms with Crippen LogP contribution in [-0.4, -0.2) is 14.8 Å². The fourth-order valence-corrected chi connectivity index (χ4v) is 0.800. The predicted molar refractivity (Wildman–Crippen MR) is 42.5 cm³/mol. The monoisotopic (exact) mass is 181 g/mol. The lowest BCUT2D eigenvalue weighted by Gasteiger charge is -1.93. The minimum Gasteiger partial charge on any atom is -0.317 e. The maximum atomic E-state index is 5.52. The SMILES string of the molecule is Cc1nnc(CCl)n1C.Cl. The van der Waals surface area contributed by atoms with Crippen molar-refractivity contribution in [2.75, 3.05) is 0 Å². The molecule has 0 saturated carbocycles. The molecule has 0 saturated heterocycles. The second-order valence-corrected chi connectivity index (χ2v) is 2.12. The molecule has 1 heterocycles. The van der Waals surface area contributed by atoms with Gasteiger partial charge in [0.2, 0.25) is 0 Å². The smallest absolute Gasteiger partial charge is 0.147 e. The van der Waals surface area contributed by atoms with Crippen molar-refractivity contribution in [2.45, 2.75) is 12.8 Å². The summed E-state index contributed by atoms with van der Waals surface area (Å²) in [5, 5.41) is 7.63. The van der Waals surface area contributed by atoms with Crippen molar-refractivity contribution in [1.82, 2.24) is 14.8 Å². The third-order valence-electron chi connectivity index (χ3n) is 1.30. The highest BCUT2D eigenvalue weighted by Gasteiger charge is 2.00. The highest BCUT2D eigenvalue weighted by Crippen LogP contribution is 1.99. The minimum atomic E-state index is 0. The van der Waals surface area contributed by atoms with Gasteiger partial charge in [0.1, 0.15) is 11.6 Å². The van der Waals surface area contributed by atoms with Crippen LogP contribution in [0.1, 0.15) is 11.6 Å². The summed E-state index contributed by atoms with van der Waals surface area (Å²) in [5.74, 6) is 2.14. The van der Waals surface area contributed by atoms with E-state index in [1.54, 1.807) is 0 Å². The van der Waals surface area contributed by atoms with Gasteiger partial charge in [-0.05, 0) is 6.92 Å². The van der Waals surface area contributed by atoms with E-state index in [2.05, 4.69) is 10.2 Å². The quantitative estimate of drug-likeness (QED) is 0.612. The molecule has 3 nitrogen and oxygen atoms in total. The van der Waals surface area contributed by atoms with Gasteiger partial charge in [-0.3, -0.25) is 0 Å². The van der Waals surface area contributed by atoms with Gasteiger partial charge in [-0.15, -0.1) is 34.2 Å². The molecule has 0 spiro atoms. The van der Waals surface area contributed by atoms with Crippen molar-refractivity contribution in [3.05, 3.63) is 11.6 Å². The molecule has 0 N–H and O–H groups in total. The lowest BCUT2D eigenvalue weighted by Crippen LogP contribution is -1.95. The maximum Gasteiger partial charge on any atom is 0.147 e. The standard InChI is InChI=1S/C5H8ClN3.ClH/c1-4-7-8-5(3-6)9(4)2;/h3H2,1-2H3;1H. The molecule has 1 rings (SSSR count). The van der Waals surface area contributed by atoms with Gasteiger partial charge in [0.15, 0.2) is 0 Å². The lowest BCUT2D eigenvalue weighted by molar-refractivity contribution is 0.815. The predicted octanol–water partition coefficient (Wildman–Crippen LogP) is 1.28. The molecule has 0 aromatic carbocycles. The molecule has 1 aromatic heterocycles. The number of hydrogen-bond acceptors (Lipinski definition) is 2. The fraction of sp³-hybridized carbons (Fsp3) is 0.600. The summed E-state index contributed by atoms with van der Waals surface area (Å²) in [7, 11) is 1.90. The first-order chi connectivity index (χ1) is 4.25. The molecule has 0 aliphatic carbocycles. The summed E-state index contributed by atoms with van der Waals surface area (Å²) in [5.41, 5.74) is 0. The van der Waals surface area contributed by atoms with Crippen LogP contribution in [0.15, 0.2) is 0 Å². The van der Waals surface area contributed by atoms with Crippen molar-refractivity contribution in [3.8, 4) is 0 Å². The molecule has 10 heavy (non-hydrogen) atoms. The Hall–Kier alpha value is -0.280. The van der Waals surface area contributed by atoms with Crippen LogP contribution in [0, 0.1) is 6.92 Å². The van der Waals surface area contributed by atoms with E-state index in [1.807, 2.05) is 18.5 Å². The third kappa shape index (κ3) is 1.61. The normalized spacial score (nSPS) is 9.10. The summed E-state index contributed by atoms with van der Waals surface area (Å²) < 4.78 is 1.87. The second kappa shape index (κ2) is 3.78. The van der Waals surface area contributed by atoms with Crippen molar-refractivity contribution < 1.29 is 0 Å². The second-order valence-electron chi connectivity index (χ2n) is 1.86. The number of nitrogens with zero attached hydrogens (tertiary/aromatic N) is 3. The van der Waals surface area contributed by atoms with Gasteiger partial charge in [0, 0.05) is 7.05 Å². The van der Waals surface area contributed by atoms with Gasteiger partial charge in [0.05, 0.1) is 5.88 Å². The van der Waals surface area contributed by atoms with Crippen LogP contribution in [0.2, 0.25) is 0 Å². The highest BCUT2D eigenvalue weighted by molar-refractivity contribution is 6.16. The number of aryl methyl sites for hydroxylation is 1. The number of rotatable bonds is 1. The van der Waals surface area contributed by atoms with Crippen LogP contribution in [0.5, 0.6) is 0 Å². The van der Waals surface area contributed by atoms with E-state index < -0.39 is 0 Å². The Kier molecular flexibility index (Phi) is 3.68. The zero-order valence-corrected chi connectivity index (χ0v) is 7.41. The largest absolute Gasteiger partial charge is 0.317 e. The molecule has 0 bridgehead atoms. The summed E-state index contributed by atoms with van der Waals surface area (Å²) in [6, 6.07) is 0. The summed E-state index contributed by atoms with van der Waals surface area (Å²) in [6.45, 7) is 1.89. The van der Waals surface area contributed by atoms with Crippen LogP contribution in [0.4, 0.5) is 0 Å². The van der Waals surface area contributed by atoms with E-state index in [-0.39, 0.29) is 12.4 Å². The molecule has 0 aliphatic heterocycles. The van der Waals surface area contributed by atoms with Crippen LogP contribution < -0.4 is 0 Å². The van der Waals surface area contributed by atoms with Crippen LogP contribution in [0.25, 0.3) is 0 Å². The average molecular weight is 182 g/mol. The Morgan fingerprint density at radius 3 is 2.30 bits per heavy atom. The topological polar surface area (TPSA) is 30.7 Å². The van der Waals surface area contributed by atoms with Gasteiger partial charge in [-0.2, -0.15) is 0 Å². The van der Waals surface area contributed by atoms with Crippen molar-refractivity contribution in [3.63, 3.8) is 0 Å². The van der Waals surface area contributed by atoms with Crippen LogP contribution >= 0.6 is 24.0 Å². The van der Waals surface area contributed by atoms with Gasteiger partial charge in [0.25, 0.3) is 0 Å². The molecule has 58 valence electrons. The van der Waals surface area contributed by atoms with Crippen LogP contribution in [0.3, 0.4) is 0 Å². The number of hydrogen-bond donors (Lipinski definition) is 0. The first-order valence-corrected chi connectivity index (χ1v) is 3.20. The molecule has 0 fully saturated rings. The van der Waals surface area contributed by atoms with Gasteiger partial charge >= 0.3 is 0 Å². The highest BCUT2D eigenvalue weighted by atomic mass is 35.5. The third-order valence-corrected chi connectivity index (χ3v) is 1.54. The Labute approximate surface area is 70.8 Å². The average Bonchev–Trinajstić information content (AvgIpc) is 2.15. The van der Waals surface area contributed by atoms with Crippen molar-refractivity contribution in [1.29, 1.82) is 0 Å². The van der Waals surface area contributed by atoms with E-state index in [9.17, 15) is 0 Å². The molecule has 0 atom stereocenters. The van der Waals surface area contributed by atoms with Gasteiger partial charge in [-0.25, -0.2) is 0 Å². The molecule has 0 aliphatic rings. The molecule has 0 radical (unpaired) electrons. The molecular weight excluding hydrogens is 173 g/mol. The first kappa shape index (κ1) is 9.72. The lowest BCUT2D eigenvalue weighted by atomic mass is 10.6. The molecular formula is C5H9Cl2N3. The Balaban J connectivity index is 0.000000810.